The van der Waals surface area contributed by atoms with Crippen molar-refractivity contribution in [1.29, 1.82) is 0 Å². The molecule has 1 rings (SSSR count). The van der Waals surface area contributed by atoms with E-state index >= 15 is 0 Å². The summed E-state index contributed by atoms with van der Waals surface area (Å²) in [5.41, 5.74) is 5.53. The van der Waals surface area contributed by atoms with Crippen LogP contribution in [-0.2, 0) is 6.42 Å². The van der Waals surface area contributed by atoms with Gasteiger partial charge in [0.25, 0.3) is 0 Å². The van der Waals surface area contributed by atoms with Crippen LogP contribution in [0.4, 0.5) is 8.78 Å². The van der Waals surface area contributed by atoms with Crippen LogP contribution >= 0.6 is 17.0 Å². The fourth-order valence-electron chi connectivity index (χ4n) is 1.30. The number of hydrogen-bond acceptors (Lipinski definition) is 1. The lowest BCUT2D eigenvalue weighted by molar-refractivity contribution is 0.555. The van der Waals surface area contributed by atoms with E-state index in [9.17, 15) is 8.78 Å². The van der Waals surface area contributed by atoms with Crippen LogP contribution in [0.15, 0.2) is 23.2 Å². The van der Waals surface area contributed by atoms with Gasteiger partial charge in [0.2, 0.25) is 0 Å². The molecule has 3 N–H and O–H groups in total. The lowest BCUT2D eigenvalue weighted by Gasteiger charge is -2.04. The summed E-state index contributed by atoms with van der Waals surface area (Å²) >= 11 is 0. The predicted octanol–water partition coefficient (Wildman–Crippen LogP) is 2.01. The van der Waals surface area contributed by atoms with Gasteiger partial charge < -0.3 is 11.1 Å². The third-order valence-corrected chi connectivity index (χ3v) is 2.06. The van der Waals surface area contributed by atoms with Gasteiger partial charge in [-0.1, -0.05) is 6.07 Å². The monoisotopic (exact) mass is 307 g/mol. The summed E-state index contributed by atoms with van der Waals surface area (Å²) in [6.07, 6.45) is 0.199. The lowest BCUT2D eigenvalue weighted by atomic mass is 10.1. The van der Waals surface area contributed by atoms with E-state index in [-0.39, 0.29) is 35.5 Å². The molecule has 0 atom stereocenters. The van der Waals surface area contributed by atoms with Crippen molar-refractivity contribution in [2.75, 3.05) is 13.1 Å². The molecule has 0 aromatic heterocycles. The SMILES string of the molecule is Br.CCNC(N)=NCCc1c(F)cccc1F. The highest BCUT2D eigenvalue weighted by molar-refractivity contribution is 8.93. The van der Waals surface area contributed by atoms with Crippen molar-refractivity contribution < 1.29 is 8.78 Å². The van der Waals surface area contributed by atoms with Gasteiger partial charge in [-0.3, -0.25) is 4.99 Å². The Balaban J connectivity index is 0.00000256. The van der Waals surface area contributed by atoms with Crippen LogP contribution in [-0.4, -0.2) is 19.0 Å². The van der Waals surface area contributed by atoms with E-state index in [0.717, 1.165) is 0 Å². The smallest absolute Gasteiger partial charge is 0.188 e. The molecule has 0 saturated carbocycles. The summed E-state index contributed by atoms with van der Waals surface area (Å²) < 4.78 is 26.4. The van der Waals surface area contributed by atoms with E-state index in [1.807, 2.05) is 6.92 Å². The molecule has 3 nitrogen and oxygen atoms in total. The second kappa shape index (κ2) is 8.00. The summed E-state index contributed by atoms with van der Waals surface area (Å²) in [5, 5.41) is 2.80. The molecule has 0 radical (unpaired) electrons. The first-order valence-corrected chi connectivity index (χ1v) is 5.11. The Morgan fingerprint density at radius 3 is 2.47 bits per heavy atom. The van der Waals surface area contributed by atoms with Gasteiger partial charge in [0.15, 0.2) is 5.96 Å². The Morgan fingerprint density at radius 2 is 1.94 bits per heavy atom. The van der Waals surface area contributed by atoms with Gasteiger partial charge >= 0.3 is 0 Å². The highest BCUT2D eigenvalue weighted by atomic mass is 79.9. The van der Waals surface area contributed by atoms with Crippen LogP contribution in [0.1, 0.15) is 12.5 Å². The van der Waals surface area contributed by atoms with Crippen LogP contribution in [0.2, 0.25) is 0 Å². The van der Waals surface area contributed by atoms with Gasteiger partial charge in [-0.25, -0.2) is 8.78 Å². The summed E-state index contributed by atoms with van der Waals surface area (Å²) in [6.45, 7) is 2.82. The molecular weight excluding hydrogens is 292 g/mol. The second-order valence-electron chi connectivity index (χ2n) is 3.25. The number of guanidine groups is 1. The molecule has 0 aliphatic carbocycles. The minimum absolute atomic E-state index is 0. The predicted molar refractivity (Wildman–Crippen MR) is 70.6 cm³/mol. The Morgan fingerprint density at radius 1 is 1.35 bits per heavy atom. The summed E-state index contributed by atoms with van der Waals surface area (Å²) in [7, 11) is 0. The normalized spacial score (nSPS) is 10.9. The fraction of sp³-hybridized carbons (Fsp3) is 0.364. The highest BCUT2D eigenvalue weighted by Crippen LogP contribution is 2.12. The quantitative estimate of drug-likeness (QED) is 0.660. The van der Waals surface area contributed by atoms with Gasteiger partial charge in [0, 0.05) is 18.7 Å². The Bertz CT molecular complexity index is 363. The minimum Gasteiger partial charge on any atom is -0.370 e. The Kier molecular flexibility index (Phi) is 7.45. The average Bonchev–Trinajstić information content (AvgIpc) is 2.23. The number of nitrogens with two attached hydrogens (primary N) is 1. The highest BCUT2D eigenvalue weighted by Gasteiger charge is 2.06. The van der Waals surface area contributed by atoms with Crippen LogP contribution in [0.5, 0.6) is 0 Å². The Labute approximate surface area is 110 Å². The molecule has 6 heteroatoms. The number of halogens is 3. The zero-order chi connectivity index (χ0) is 12.0. The first-order valence-electron chi connectivity index (χ1n) is 5.11. The van der Waals surface area contributed by atoms with Crippen molar-refractivity contribution in [2.45, 2.75) is 13.3 Å². The number of benzene rings is 1. The van der Waals surface area contributed by atoms with Crippen LogP contribution in [0, 0.1) is 11.6 Å². The second-order valence-corrected chi connectivity index (χ2v) is 3.25. The number of aliphatic imine (C=N–C) groups is 1. The summed E-state index contributed by atoms with van der Waals surface area (Å²) in [5.74, 6) is -0.798. The molecule has 0 spiro atoms. The van der Waals surface area contributed by atoms with Gasteiger partial charge in [0.05, 0.1) is 0 Å². The topological polar surface area (TPSA) is 50.4 Å². The molecule has 0 unspecified atom stereocenters. The van der Waals surface area contributed by atoms with Crippen molar-refractivity contribution in [3.63, 3.8) is 0 Å². The third kappa shape index (κ3) is 5.12. The first-order chi connectivity index (χ1) is 7.65. The molecule has 0 bridgehead atoms. The lowest BCUT2D eigenvalue weighted by Crippen LogP contribution is -2.31. The molecule has 96 valence electrons. The minimum atomic E-state index is -0.544. The molecule has 0 aliphatic rings. The third-order valence-electron chi connectivity index (χ3n) is 2.06. The van der Waals surface area contributed by atoms with E-state index in [2.05, 4.69) is 10.3 Å². The first kappa shape index (κ1) is 15.8. The zero-order valence-electron chi connectivity index (χ0n) is 9.54. The standard InChI is InChI=1S/C11H15F2N3.BrH/c1-2-15-11(14)16-7-6-8-9(12)4-3-5-10(8)13;/h3-5H,2,6-7H2,1H3,(H3,14,15,16);1H. The van der Waals surface area contributed by atoms with Gasteiger partial charge in [0.1, 0.15) is 11.6 Å². The maximum Gasteiger partial charge on any atom is 0.188 e. The van der Waals surface area contributed by atoms with E-state index in [4.69, 9.17) is 5.73 Å². The molecule has 0 fully saturated rings. The molecule has 17 heavy (non-hydrogen) atoms. The van der Waals surface area contributed by atoms with Crippen LogP contribution in [0.25, 0.3) is 0 Å². The van der Waals surface area contributed by atoms with Crippen LogP contribution in [0.3, 0.4) is 0 Å². The van der Waals surface area contributed by atoms with Gasteiger partial charge in [-0.2, -0.15) is 0 Å². The molecule has 1 aromatic rings. The molecule has 0 heterocycles. The average molecular weight is 308 g/mol. The maximum absolute atomic E-state index is 13.2. The number of nitrogens with one attached hydrogen (secondary N) is 1. The van der Waals surface area contributed by atoms with E-state index in [1.54, 1.807) is 0 Å². The largest absolute Gasteiger partial charge is 0.370 e. The Hall–Kier alpha value is -1.17. The molecular formula is C11H16BrF2N3. The maximum atomic E-state index is 13.2. The van der Waals surface area contributed by atoms with Crippen molar-refractivity contribution in [3.05, 3.63) is 35.4 Å². The van der Waals surface area contributed by atoms with Gasteiger partial charge in [-0.05, 0) is 25.5 Å². The van der Waals surface area contributed by atoms with Crippen LogP contribution < -0.4 is 11.1 Å². The van der Waals surface area contributed by atoms with Crippen molar-refractivity contribution in [2.24, 2.45) is 10.7 Å². The summed E-state index contributed by atoms with van der Waals surface area (Å²) in [4.78, 5) is 3.94. The molecule has 1 aromatic carbocycles. The number of rotatable bonds is 4. The van der Waals surface area contributed by atoms with E-state index < -0.39 is 11.6 Å². The van der Waals surface area contributed by atoms with Crippen molar-refractivity contribution in [3.8, 4) is 0 Å². The zero-order valence-corrected chi connectivity index (χ0v) is 11.3. The molecule has 0 saturated heterocycles. The summed E-state index contributed by atoms with van der Waals surface area (Å²) in [6, 6.07) is 3.80. The van der Waals surface area contributed by atoms with E-state index in [1.165, 1.54) is 18.2 Å². The fourth-order valence-corrected chi connectivity index (χ4v) is 1.30. The van der Waals surface area contributed by atoms with Crippen molar-refractivity contribution >= 4 is 22.9 Å². The van der Waals surface area contributed by atoms with E-state index in [0.29, 0.717) is 12.5 Å². The molecule has 0 amide bonds. The molecule has 0 aliphatic heterocycles. The van der Waals surface area contributed by atoms with Crippen molar-refractivity contribution in [1.82, 2.24) is 5.32 Å². The van der Waals surface area contributed by atoms with Gasteiger partial charge in [-0.15, -0.1) is 17.0 Å². The number of nitrogens with zero attached hydrogens (tertiary/aromatic N) is 1. The number of hydrogen-bond donors (Lipinski definition) is 2.